The minimum absolute atomic E-state index is 0.280. The van der Waals surface area contributed by atoms with Crippen LogP contribution >= 0.6 is 0 Å². The largest absolute Gasteiger partial charge is 0.455 e. The molecular formula is C50H44BN3O. The van der Waals surface area contributed by atoms with Crippen LogP contribution in [0.4, 0.5) is 0 Å². The van der Waals surface area contributed by atoms with Crippen molar-refractivity contribution in [3.05, 3.63) is 145 Å². The summed E-state index contributed by atoms with van der Waals surface area (Å²) in [6.45, 7) is 4.93. The van der Waals surface area contributed by atoms with E-state index in [1.807, 2.05) is 24.3 Å². The van der Waals surface area contributed by atoms with Crippen LogP contribution in [0.3, 0.4) is 0 Å². The summed E-state index contributed by atoms with van der Waals surface area (Å²) in [5.41, 5.74) is 12.1. The van der Waals surface area contributed by atoms with Crippen LogP contribution in [0, 0.1) is 17.8 Å². The van der Waals surface area contributed by atoms with E-state index >= 15 is 0 Å². The van der Waals surface area contributed by atoms with Gasteiger partial charge in [0.15, 0.2) is 17.5 Å². The number of nitrogens with zero attached hydrogens (tertiary/aromatic N) is 3. The molecule has 6 aromatic carbocycles. The Labute approximate surface area is 324 Å². The van der Waals surface area contributed by atoms with Crippen LogP contribution in [-0.4, -0.2) is 22.8 Å². The van der Waals surface area contributed by atoms with Crippen LogP contribution < -0.4 is 5.46 Å². The van der Waals surface area contributed by atoms with Crippen molar-refractivity contribution in [3.8, 4) is 56.4 Å². The molecular weight excluding hydrogens is 669 g/mol. The molecule has 2 saturated carbocycles. The molecule has 2 bridgehead atoms. The summed E-state index contributed by atoms with van der Waals surface area (Å²) in [5, 5.41) is 2.14. The number of para-hydroxylation sites is 1. The summed E-state index contributed by atoms with van der Waals surface area (Å²) in [7, 11) is 2.11. The summed E-state index contributed by atoms with van der Waals surface area (Å²) in [5.74, 6) is 4.31. The number of rotatable bonds is 6. The fourth-order valence-corrected chi connectivity index (χ4v) is 10.1. The predicted molar refractivity (Wildman–Crippen MR) is 229 cm³/mol. The molecule has 0 spiro atoms. The Morgan fingerprint density at radius 3 is 1.75 bits per heavy atom. The molecule has 268 valence electrons. The fourth-order valence-electron chi connectivity index (χ4n) is 10.1. The molecule has 2 atom stereocenters. The third-order valence-corrected chi connectivity index (χ3v) is 12.4. The van der Waals surface area contributed by atoms with Crippen LogP contribution in [-0.2, 0) is 5.41 Å². The van der Waals surface area contributed by atoms with Gasteiger partial charge in [0.2, 0.25) is 0 Å². The van der Waals surface area contributed by atoms with Crippen LogP contribution in [0.25, 0.3) is 78.4 Å². The second-order valence-corrected chi connectivity index (χ2v) is 16.6. The van der Waals surface area contributed by atoms with Gasteiger partial charge in [-0.1, -0.05) is 141 Å². The zero-order chi connectivity index (χ0) is 37.1. The molecule has 2 unspecified atom stereocenters. The van der Waals surface area contributed by atoms with Crippen molar-refractivity contribution in [2.24, 2.45) is 17.8 Å². The van der Waals surface area contributed by atoms with Crippen LogP contribution in [0.2, 0.25) is 0 Å². The SMILES string of the molecule is Bc1ccc(-c2ccc(-c3nc(-c4ccccc4)nc(-c4cc(-c5ccc(C67CC(C)CC(CC(C)C6)C7)cc5)c5oc6ccccc6c5c4)n3)cc2)cc1. The molecule has 4 nitrogen and oxygen atoms in total. The molecule has 0 saturated heterocycles. The van der Waals surface area contributed by atoms with Crippen molar-refractivity contribution in [2.45, 2.75) is 51.4 Å². The van der Waals surface area contributed by atoms with Crippen molar-refractivity contribution in [2.75, 3.05) is 0 Å². The second-order valence-electron chi connectivity index (χ2n) is 16.6. The van der Waals surface area contributed by atoms with Gasteiger partial charge in [-0.25, -0.2) is 15.0 Å². The van der Waals surface area contributed by atoms with E-state index in [-0.39, 0.29) is 5.41 Å². The lowest BCUT2D eigenvalue weighted by atomic mass is 9.54. The maximum Gasteiger partial charge on any atom is 0.164 e. The van der Waals surface area contributed by atoms with Gasteiger partial charge in [-0.3, -0.25) is 0 Å². The van der Waals surface area contributed by atoms with Crippen molar-refractivity contribution < 1.29 is 4.42 Å². The third kappa shape index (κ3) is 6.26. The summed E-state index contributed by atoms with van der Waals surface area (Å²) in [6.07, 6.45) is 6.66. The molecule has 2 aliphatic carbocycles. The maximum absolute atomic E-state index is 6.65. The highest BCUT2D eigenvalue weighted by molar-refractivity contribution is 6.32. The Kier molecular flexibility index (Phi) is 8.28. The Bertz CT molecular complexity index is 2650. The first kappa shape index (κ1) is 33.7. The van der Waals surface area contributed by atoms with Gasteiger partial charge in [-0.2, -0.15) is 0 Å². The third-order valence-electron chi connectivity index (χ3n) is 12.4. The zero-order valence-electron chi connectivity index (χ0n) is 31.8. The fraction of sp³-hybridized carbons (Fsp3) is 0.220. The summed E-state index contributed by atoms with van der Waals surface area (Å²) >= 11 is 0. The summed E-state index contributed by atoms with van der Waals surface area (Å²) in [6, 6.07) is 49.6. The average Bonchev–Trinajstić information content (AvgIpc) is 3.59. The van der Waals surface area contributed by atoms with Gasteiger partial charge in [-0.05, 0) is 95.7 Å². The van der Waals surface area contributed by atoms with E-state index in [0.717, 1.165) is 73.1 Å². The molecule has 0 amide bonds. The molecule has 0 aliphatic heterocycles. The van der Waals surface area contributed by atoms with Gasteiger partial charge in [0.25, 0.3) is 0 Å². The van der Waals surface area contributed by atoms with Crippen LogP contribution in [0.1, 0.15) is 51.5 Å². The van der Waals surface area contributed by atoms with Gasteiger partial charge in [0.1, 0.15) is 19.0 Å². The molecule has 0 radical (unpaired) electrons. The summed E-state index contributed by atoms with van der Waals surface area (Å²) in [4.78, 5) is 15.4. The van der Waals surface area contributed by atoms with Gasteiger partial charge in [0, 0.05) is 33.0 Å². The minimum atomic E-state index is 0.280. The van der Waals surface area contributed by atoms with E-state index in [2.05, 4.69) is 137 Å². The van der Waals surface area contributed by atoms with Crippen molar-refractivity contribution >= 4 is 35.2 Å². The number of furan rings is 1. The normalized spacial score (nSPS) is 20.9. The number of hydrogen-bond acceptors (Lipinski definition) is 4. The predicted octanol–water partition coefficient (Wildman–Crippen LogP) is 11.5. The smallest absolute Gasteiger partial charge is 0.164 e. The maximum atomic E-state index is 6.65. The molecule has 2 heterocycles. The molecule has 5 heteroatoms. The van der Waals surface area contributed by atoms with Crippen molar-refractivity contribution in [3.63, 3.8) is 0 Å². The number of aromatic nitrogens is 3. The Hall–Kier alpha value is -5.81. The van der Waals surface area contributed by atoms with Gasteiger partial charge >= 0.3 is 0 Å². The first-order valence-electron chi connectivity index (χ1n) is 19.9. The number of fused-ring (bicyclic) bond motifs is 5. The molecule has 2 aromatic heterocycles. The van der Waals surface area contributed by atoms with E-state index in [1.54, 1.807) is 0 Å². The van der Waals surface area contributed by atoms with Gasteiger partial charge in [0.05, 0.1) is 0 Å². The van der Waals surface area contributed by atoms with E-state index in [9.17, 15) is 0 Å². The number of benzene rings is 6. The zero-order valence-corrected chi connectivity index (χ0v) is 31.8. The number of hydrogen-bond donors (Lipinski definition) is 0. The first-order chi connectivity index (χ1) is 26.9. The Morgan fingerprint density at radius 1 is 0.527 bits per heavy atom. The Morgan fingerprint density at radius 2 is 1.07 bits per heavy atom. The highest BCUT2D eigenvalue weighted by Crippen LogP contribution is 2.54. The second kappa shape index (κ2) is 13.5. The van der Waals surface area contributed by atoms with Crippen LogP contribution in [0.15, 0.2) is 144 Å². The summed E-state index contributed by atoms with van der Waals surface area (Å²) < 4.78 is 6.65. The molecule has 0 N–H and O–H groups in total. The highest BCUT2D eigenvalue weighted by Gasteiger charge is 2.45. The van der Waals surface area contributed by atoms with Crippen LogP contribution in [0.5, 0.6) is 0 Å². The van der Waals surface area contributed by atoms with E-state index < -0.39 is 0 Å². The van der Waals surface area contributed by atoms with Crippen molar-refractivity contribution in [1.29, 1.82) is 0 Å². The van der Waals surface area contributed by atoms with Gasteiger partial charge in [-0.15, -0.1) is 0 Å². The molecule has 10 rings (SSSR count). The average molecular weight is 714 g/mol. The lowest BCUT2D eigenvalue weighted by Gasteiger charge is -2.50. The lowest BCUT2D eigenvalue weighted by molar-refractivity contribution is 0.0780. The quantitative estimate of drug-likeness (QED) is 0.161. The van der Waals surface area contributed by atoms with E-state index in [0.29, 0.717) is 17.5 Å². The van der Waals surface area contributed by atoms with E-state index in [1.165, 1.54) is 48.7 Å². The monoisotopic (exact) mass is 713 g/mol. The molecule has 55 heavy (non-hydrogen) atoms. The Balaban J connectivity index is 1.11. The molecule has 8 aromatic rings. The van der Waals surface area contributed by atoms with E-state index in [4.69, 9.17) is 19.4 Å². The minimum Gasteiger partial charge on any atom is -0.455 e. The molecule has 2 fully saturated rings. The topological polar surface area (TPSA) is 51.8 Å². The van der Waals surface area contributed by atoms with Crippen molar-refractivity contribution in [1.82, 2.24) is 15.0 Å². The highest BCUT2D eigenvalue weighted by atomic mass is 16.3. The molecule has 2 aliphatic rings. The standard InChI is InChI=1S/C50H44BN3O/c1-31-24-33-25-32(2)29-50(28-31,30-33)40-20-16-36(17-21-40)43-26-39(27-44-42-10-6-7-11-45(42)55-46(43)44)49-53-47(37-8-4-3-5-9-37)52-48(54-49)38-14-12-34(13-15-38)35-18-22-41(51)23-19-35/h3-23,26-27,31-33H,24-25,28-30,51H2,1-2H3. The lowest BCUT2D eigenvalue weighted by Crippen LogP contribution is -2.42. The van der Waals surface area contributed by atoms with Gasteiger partial charge < -0.3 is 4.42 Å². The first-order valence-corrected chi connectivity index (χ1v) is 19.9.